The normalized spacial score (nSPS) is 11.7. The number of nitrogens with zero attached hydrogens (tertiary/aromatic N) is 1. The number of hydrogen-bond acceptors (Lipinski definition) is 4. The maximum Gasteiger partial charge on any atom is 0.272 e. The predicted molar refractivity (Wildman–Crippen MR) is 70.6 cm³/mol. The zero-order valence-corrected chi connectivity index (χ0v) is 11.9. The summed E-state index contributed by atoms with van der Waals surface area (Å²) >= 11 is 12.7. The Morgan fingerprint density at radius 2 is 1.94 bits per heavy atom. The maximum absolute atomic E-state index is 11.1. The number of aromatic nitrogens is 1. The van der Waals surface area contributed by atoms with Crippen molar-refractivity contribution in [3.63, 3.8) is 0 Å². The van der Waals surface area contributed by atoms with Crippen LogP contribution in [0.4, 0.5) is 0 Å². The van der Waals surface area contributed by atoms with Crippen molar-refractivity contribution in [2.45, 2.75) is 4.21 Å². The van der Waals surface area contributed by atoms with Crippen molar-refractivity contribution < 1.29 is 8.42 Å². The third kappa shape index (κ3) is 2.92. The van der Waals surface area contributed by atoms with E-state index in [0.29, 0.717) is 20.6 Å². The van der Waals surface area contributed by atoms with E-state index >= 15 is 0 Å². The summed E-state index contributed by atoms with van der Waals surface area (Å²) in [5.41, 5.74) is 0.618. The molecule has 8 heteroatoms. The number of thiazole rings is 1. The fourth-order valence-corrected chi connectivity index (χ4v) is 3.62. The average Bonchev–Trinajstić information content (AvgIpc) is 2.65. The van der Waals surface area contributed by atoms with Crippen molar-refractivity contribution >= 4 is 54.3 Å². The third-order valence-corrected chi connectivity index (χ3v) is 5.53. The first-order chi connectivity index (χ1) is 7.88. The molecule has 17 heavy (non-hydrogen) atoms. The van der Waals surface area contributed by atoms with Gasteiger partial charge in [-0.05, 0) is 18.2 Å². The Morgan fingerprint density at radius 3 is 2.47 bits per heavy atom. The summed E-state index contributed by atoms with van der Waals surface area (Å²) in [7, 11) is 1.46. The van der Waals surface area contributed by atoms with Crippen molar-refractivity contribution in [2.75, 3.05) is 0 Å². The Bertz CT molecular complexity index is 667. The molecule has 0 aliphatic rings. The smallest absolute Gasteiger partial charge is 0.243 e. The molecule has 0 radical (unpaired) electrons. The molecule has 0 saturated carbocycles. The predicted octanol–water partition coefficient (Wildman–Crippen LogP) is 4.04. The van der Waals surface area contributed by atoms with E-state index in [0.717, 1.165) is 11.3 Å². The summed E-state index contributed by atoms with van der Waals surface area (Å²) in [5, 5.41) is 1.39. The van der Waals surface area contributed by atoms with Crippen molar-refractivity contribution in [1.29, 1.82) is 0 Å². The first kappa shape index (κ1) is 13.1. The third-order valence-electron chi connectivity index (χ3n) is 1.89. The zero-order chi connectivity index (χ0) is 12.6. The van der Waals surface area contributed by atoms with Crippen molar-refractivity contribution in [1.82, 2.24) is 4.98 Å². The van der Waals surface area contributed by atoms with Crippen LogP contribution in [0, 0.1) is 0 Å². The monoisotopic (exact) mass is 327 g/mol. The zero-order valence-electron chi connectivity index (χ0n) is 8.02. The molecule has 0 saturated heterocycles. The summed E-state index contributed by atoms with van der Waals surface area (Å²) in [6, 6.07) is 4.89. The van der Waals surface area contributed by atoms with Gasteiger partial charge in [0.15, 0.2) is 4.21 Å². The van der Waals surface area contributed by atoms with E-state index in [-0.39, 0.29) is 4.21 Å². The SMILES string of the molecule is O=S(=O)(Cl)c1cnc(-c2ccc(Cl)cc2Cl)s1. The highest BCUT2D eigenvalue weighted by Gasteiger charge is 2.16. The molecule has 1 heterocycles. The molecule has 2 aromatic rings. The first-order valence-electron chi connectivity index (χ1n) is 4.24. The van der Waals surface area contributed by atoms with E-state index in [2.05, 4.69) is 4.98 Å². The molecule has 90 valence electrons. The van der Waals surface area contributed by atoms with Gasteiger partial charge in [-0.3, -0.25) is 0 Å². The van der Waals surface area contributed by atoms with Crippen LogP contribution in [0.2, 0.25) is 10.0 Å². The number of rotatable bonds is 2. The van der Waals surface area contributed by atoms with Crippen LogP contribution >= 0.6 is 45.2 Å². The Hall–Kier alpha value is -0.330. The van der Waals surface area contributed by atoms with Crippen LogP contribution < -0.4 is 0 Å². The van der Waals surface area contributed by atoms with Crippen LogP contribution in [0.3, 0.4) is 0 Å². The summed E-state index contributed by atoms with van der Waals surface area (Å²) in [5.74, 6) is 0. The minimum atomic E-state index is -3.75. The van der Waals surface area contributed by atoms with Crippen LogP contribution in [0.1, 0.15) is 0 Å². The molecule has 0 spiro atoms. The minimum absolute atomic E-state index is 0.0137. The second kappa shape index (κ2) is 4.74. The highest BCUT2D eigenvalue weighted by Crippen LogP contribution is 2.35. The second-order valence-corrected chi connectivity index (χ2v) is 7.71. The fraction of sp³-hybridized carbons (Fsp3) is 0. The van der Waals surface area contributed by atoms with E-state index in [4.69, 9.17) is 33.9 Å². The van der Waals surface area contributed by atoms with Crippen LogP contribution in [-0.4, -0.2) is 13.4 Å². The molecule has 0 amide bonds. The van der Waals surface area contributed by atoms with Gasteiger partial charge in [0.1, 0.15) is 5.01 Å². The molecular weight excluding hydrogens is 325 g/mol. The molecule has 1 aromatic carbocycles. The standard InChI is InChI=1S/C9H4Cl3NO2S2/c10-5-1-2-6(7(11)3-5)9-13-4-8(16-9)17(12,14)15/h1-4H. The molecule has 1 aromatic heterocycles. The van der Waals surface area contributed by atoms with Gasteiger partial charge >= 0.3 is 0 Å². The number of halogens is 3. The molecule has 0 bridgehead atoms. The van der Waals surface area contributed by atoms with Gasteiger partial charge in [-0.15, -0.1) is 11.3 Å². The van der Waals surface area contributed by atoms with Crippen molar-refractivity contribution in [2.24, 2.45) is 0 Å². The molecule has 2 rings (SSSR count). The van der Waals surface area contributed by atoms with Crippen LogP contribution in [0.15, 0.2) is 28.6 Å². The van der Waals surface area contributed by atoms with E-state index in [1.165, 1.54) is 6.20 Å². The van der Waals surface area contributed by atoms with Crippen LogP contribution in [0.25, 0.3) is 10.6 Å². The quantitative estimate of drug-likeness (QED) is 0.782. The number of hydrogen-bond donors (Lipinski definition) is 0. The summed E-state index contributed by atoms with van der Waals surface area (Å²) in [6.45, 7) is 0. The van der Waals surface area contributed by atoms with Gasteiger partial charge in [0.05, 0.1) is 11.2 Å². The molecule has 0 fully saturated rings. The van der Waals surface area contributed by atoms with Gasteiger partial charge in [0, 0.05) is 21.3 Å². The van der Waals surface area contributed by atoms with E-state index < -0.39 is 9.05 Å². The maximum atomic E-state index is 11.1. The Kier molecular flexibility index (Phi) is 3.66. The Morgan fingerprint density at radius 1 is 1.24 bits per heavy atom. The molecule has 0 unspecified atom stereocenters. The summed E-state index contributed by atoms with van der Waals surface area (Å²) < 4.78 is 22.2. The summed E-state index contributed by atoms with van der Waals surface area (Å²) in [6.07, 6.45) is 1.20. The lowest BCUT2D eigenvalue weighted by Gasteiger charge is -1.99. The lowest BCUT2D eigenvalue weighted by atomic mass is 10.2. The van der Waals surface area contributed by atoms with Gasteiger partial charge in [-0.1, -0.05) is 23.2 Å². The second-order valence-electron chi connectivity index (χ2n) is 3.05. The fourth-order valence-electron chi connectivity index (χ4n) is 1.16. The highest BCUT2D eigenvalue weighted by molar-refractivity contribution is 8.15. The highest BCUT2D eigenvalue weighted by atomic mass is 35.7. The van der Waals surface area contributed by atoms with Gasteiger partial charge in [0.2, 0.25) is 0 Å². The molecule has 0 aliphatic heterocycles. The van der Waals surface area contributed by atoms with Gasteiger partial charge < -0.3 is 0 Å². The van der Waals surface area contributed by atoms with Gasteiger partial charge in [-0.25, -0.2) is 13.4 Å². The average molecular weight is 329 g/mol. The topological polar surface area (TPSA) is 47.0 Å². The van der Waals surface area contributed by atoms with Crippen molar-refractivity contribution in [3.8, 4) is 10.6 Å². The van der Waals surface area contributed by atoms with E-state index in [9.17, 15) is 8.42 Å². The Balaban J connectivity index is 2.51. The molecular formula is C9H4Cl3NO2S2. The minimum Gasteiger partial charge on any atom is -0.243 e. The number of benzene rings is 1. The largest absolute Gasteiger partial charge is 0.272 e. The van der Waals surface area contributed by atoms with Gasteiger partial charge in [-0.2, -0.15) is 0 Å². The molecule has 0 aliphatic carbocycles. The molecule has 0 N–H and O–H groups in total. The first-order valence-corrected chi connectivity index (χ1v) is 8.12. The van der Waals surface area contributed by atoms with Crippen LogP contribution in [-0.2, 0) is 9.05 Å². The summed E-state index contributed by atoms with van der Waals surface area (Å²) in [4.78, 5) is 3.97. The molecule has 3 nitrogen and oxygen atoms in total. The Labute approximate surface area is 116 Å². The van der Waals surface area contributed by atoms with E-state index in [1.807, 2.05) is 0 Å². The lowest BCUT2D eigenvalue weighted by Crippen LogP contribution is -1.83. The van der Waals surface area contributed by atoms with Crippen LogP contribution in [0.5, 0.6) is 0 Å². The molecule has 0 atom stereocenters. The van der Waals surface area contributed by atoms with Crippen molar-refractivity contribution in [3.05, 3.63) is 34.4 Å². The van der Waals surface area contributed by atoms with E-state index in [1.54, 1.807) is 18.2 Å². The lowest BCUT2D eigenvalue weighted by molar-refractivity contribution is 0.611. The van der Waals surface area contributed by atoms with Gasteiger partial charge in [0.25, 0.3) is 9.05 Å².